The second-order valence-corrected chi connectivity index (χ2v) is 8.13. The number of amides is 1. The van der Waals surface area contributed by atoms with Crippen LogP contribution in [-0.4, -0.2) is 48.8 Å². The van der Waals surface area contributed by atoms with Crippen LogP contribution in [0.15, 0.2) is 53.4 Å². The molecule has 5 heteroatoms. The van der Waals surface area contributed by atoms with E-state index in [-0.39, 0.29) is 17.3 Å². The molecule has 0 radical (unpaired) electrons. The largest absolute Gasteiger partial charge is 0.485 e. The molecule has 0 aromatic heterocycles. The van der Waals surface area contributed by atoms with Crippen molar-refractivity contribution in [3.05, 3.63) is 54.1 Å². The number of ether oxygens (including phenoxy) is 1. The van der Waals surface area contributed by atoms with Gasteiger partial charge in [-0.2, -0.15) is 0 Å². The summed E-state index contributed by atoms with van der Waals surface area (Å²) >= 11 is 1.69. The number of likely N-dealkylation sites (N-methyl/N-ethyl adjacent to an activating group) is 2. The number of fused-ring (bicyclic) bond motifs is 2. The van der Waals surface area contributed by atoms with Crippen molar-refractivity contribution in [3.8, 4) is 5.75 Å². The van der Waals surface area contributed by atoms with Crippen molar-refractivity contribution in [2.75, 3.05) is 31.6 Å². The lowest BCUT2D eigenvalue weighted by Gasteiger charge is -2.37. The molecule has 2 aromatic rings. The van der Waals surface area contributed by atoms with E-state index in [4.69, 9.17) is 4.74 Å². The molecule has 4 rings (SSSR count). The lowest BCUT2D eigenvalue weighted by molar-refractivity contribution is -0.130. The lowest BCUT2D eigenvalue weighted by atomic mass is 10.1. The number of carbonyl (C=O) groups is 1. The van der Waals surface area contributed by atoms with E-state index in [0.717, 1.165) is 30.9 Å². The predicted molar refractivity (Wildman–Crippen MR) is 106 cm³/mol. The zero-order valence-corrected chi connectivity index (χ0v) is 16.0. The quantitative estimate of drug-likeness (QED) is 0.828. The Bertz CT molecular complexity index is 785. The van der Waals surface area contributed by atoms with Gasteiger partial charge in [0.2, 0.25) is 5.91 Å². The molecule has 0 fully saturated rings. The number of para-hydroxylation sites is 2. The normalized spacial score (nSPS) is 20.9. The molecule has 2 aliphatic rings. The van der Waals surface area contributed by atoms with Crippen LogP contribution in [0.2, 0.25) is 0 Å². The van der Waals surface area contributed by atoms with Gasteiger partial charge in [-0.3, -0.25) is 4.79 Å². The monoisotopic (exact) mass is 368 g/mol. The van der Waals surface area contributed by atoms with Crippen molar-refractivity contribution < 1.29 is 9.53 Å². The first kappa shape index (κ1) is 17.3. The van der Waals surface area contributed by atoms with Crippen molar-refractivity contribution >= 4 is 23.4 Å². The van der Waals surface area contributed by atoms with Gasteiger partial charge in [0.15, 0.2) is 0 Å². The second-order valence-electron chi connectivity index (χ2n) is 6.88. The minimum Gasteiger partial charge on any atom is -0.485 e. The first-order valence-corrected chi connectivity index (χ1v) is 10.0. The molecule has 0 N–H and O–H groups in total. The number of anilines is 1. The average Bonchev–Trinajstić information content (AvgIpc) is 3.10. The fraction of sp³-hybridized carbons (Fsp3) is 0.381. The fourth-order valence-corrected chi connectivity index (χ4v) is 5.04. The zero-order chi connectivity index (χ0) is 18.1. The third-order valence-corrected chi connectivity index (χ3v) is 6.39. The molecule has 0 bridgehead atoms. The average molecular weight is 369 g/mol. The smallest absolute Gasteiger partial charge is 0.236 e. The van der Waals surface area contributed by atoms with Gasteiger partial charge in [0.25, 0.3) is 0 Å². The molecule has 4 nitrogen and oxygen atoms in total. The number of rotatable bonds is 4. The molecule has 2 unspecified atom stereocenters. The van der Waals surface area contributed by atoms with E-state index in [1.54, 1.807) is 11.8 Å². The summed E-state index contributed by atoms with van der Waals surface area (Å²) in [7, 11) is 1.89. The van der Waals surface area contributed by atoms with Crippen LogP contribution in [0.5, 0.6) is 5.75 Å². The van der Waals surface area contributed by atoms with Gasteiger partial charge in [-0.25, -0.2) is 0 Å². The van der Waals surface area contributed by atoms with Crippen LogP contribution < -0.4 is 9.64 Å². The number of thioether (sulfide) groups is 1. The third kappa shape index (κ3) is 3.28. The van der Waals surface area contributed by atoms with Crippen LogP contribution in [0, 0.1) is 0 Å². The summed E-state index contributed by atoms with van der Waals surface area (Å²) in [6, 6.07) is 16.4. The molecular weight excluding hydrogens is 344 g/mol. The van der Waals surface area contributed by atoms with E-state index in [1.165, 1.54) is 10.5 Å². The number of hydrogen-bond donors (Lipinski definition) is 0. The van der Waals surface area contributed by atoms with E-state index in [9.17, 15) is 4.79 Å². The lowest BCUT2D eigenvalue weighted by Crippen LogP contribution is -2.48. The predicted octanol–water partition coefficient (Wildman–Crippen LogP) is 3.45. The van der Waals surface area contributed by atoms with Gasteiger partial charge in [-0.1, -0.05) is 30.3 Å². The van der Waals surface area contributed by atoms with E-state index in [1.807, 2.05) is 42.3 Å². The molecule has 2 heterocycles. The topological polar surface area (TPSA) is 32.8 Å². The van der Waals surface area contributed by atoms with E-state index in [0.29, 0.717) is 6.54 Å². The minimum atomic E-state index is -0.0180. The molecule has 136 valence electrons. The van der Waals surface area contributed by atoms with E-state index >= 15 is 0 Å². The SMILES string of the molecule is CCN1CC(CN(C)C(=O)C2Cc3ccccc3S2)Oc2ccccc21. The highest BCUT2D eigenvalue weighted by Gasteiger charge is 2.32. The molecule has 1 amide bonds. The van der Waals surface area contributed by atoms with Gasteiger partial charge < -0.3 is 14.5 Å². The van der Waals surface area contributed by atoms with Gasteiger partial charge in [-0.15, -0.1) is 11.8 Å². The standard InChI is InChI=1S/C21H24N2O2S/c1-3-23-14-16(25-18-10-6-5-9-17(18)23)13-22(2)21(24)20-12-15-8-4-7-11-19(15)26-20/h4-11,16,20H,3,12-14H2,1-2H3. The van der Waals surface area contributed by atoms with Gasteiger partial charge in [-0.05, 0) is 37.1 Å². The Balaban J connectivity index is 1.41. The summed E-state index contributed by atoms with van der Waals surface area (Å²) in [5.41, 5.74) is 2.42. The van der Waals surface area contributed by atoms with Crippen LogP contribution >= 0.6 is 11.8 Å². The van der Waals surface area contributed by atoms with E-state index < -0.39 is 0 Å². The first-order chi connectivity index (χ1) is 12.7. The fourth-order valence-electron chi connectivity index (χ4n) is 3.73. The molecule has 26 heavy (non-hydrogen) atoms. The highest BCUT2D eigenvalue weighted by atomic mass is 32.2. The van der Waals surface area contributed by atoms with Gasteiger partial charge in [0, 0.05) is 18.5 Å². The summed E-state index contributed by atoms with van der Waals surface area (Å²) in [5.74, 6) is 1.10. The molecular formula is C21H24N2O2S. The highest BCUT2D eigenvalue weighted by molar-refractivity contribution is 8.01. The Morgan fingerprint density at radius 3 is 2.81 bits per heavy atom. The van der Waals surface area contributed by atoms with Crippen molar-refractivity contribution in [1.29, 1.82) is 0 Å². The Labute approximate surface area is 159 Å². The zero-order valence-electron chi connectivity index (χ0n) is 15.2. The summed E-state index contributed by atoms with van der Waals surface area (Å²) in [5, 5.41) is -0.0180. The maximum Gasteiger partial charge on any atom is 0.236 e. The van der Waals surface area contributed by atoms with Gasteiger partial charge >= 0.3 is 0 Å². The third-order valence-electron chi connectivity index (χ3n) is 5.08. The first-order valence-electron chi connectivity index (χ1n) is 9.16. The molecule has 2 aliphatic heterocycles. The van der Waals surface area contributed by atoms with E-state index in [2.05, 4.69) is 30.0 Å². The Morgan fingerprint density at radius 2 is 2.00 bits per heavy atom. The van der Waals surface area contributed by atoms with Crippen molar-refractivity contribution in [1.82, 2.24) is 4.90 Å². The second kappa shape index (κ2) is 7.23. The Hall–Kier alpha value is -2.14. The number of hydrogen-bond acceptors (Lipinski definition) is 4. The highest BCUT2D eigenvalue weighted by Crippen LogP contribution is 2.38. The van der Waals surface area contributed by atoms with Crippen molar-refractivity contribution in [2.45, 2.75) is 29.6 Å². The van der Waals surface area contributed by atoms with Crippen LogP contribution in [0.4, 0.5) is 5.69 Å². The molecule has 0 aliphatic carbocycles. The number of carbonyl (C=O) groups excluding carboxylic acids is 1. The molecule has 2 aromatic carbocycles. The molecule has 0 saturated carbocycles. The molecule has 2 atom stereocenters. The van der Waals surface area contributed by atoms with Crippen LogP contribution in [0.1, 0.15) is 12.5 Å². The van der Waals surface area contributed by atoms with Crippen LogP contribution in [0.25, 0.3) is 0 Å². The summed E-state index contributed by atoms with van der Waals surface area (Å²) in [6.45, 7) is 4.50. The molecule has 0 spiro atoms. The number of benzene rings is 2. The van der Waals surface area contributed by atoms with Gasteiger partial charge in [0.05, 0.1) is 24.0 Å². The number of nitrogens with zero attached hydrogens (tertiary/aromatic N) is 2. The minimum absolute atomic E-state index is 0.00687. The molecule has 0 saturated heterocycles. The van der Waals surface area contributed by atoms with Crippen LogP contribution in [0.3, 0.4) is 0 Å². The maximum absolute atomic E-state index is 12.9. The van der Waals surface area contributed by atoms with Crippen molar-refractivity contribution in [2.24, 2.45) is 0 Å². The summed E-state index contributed by atoms with van der Waals surface area (Å²) < 4.78 is 6.17. The van der Waals surface area contributed by atoms with Crippen LogP contribution in [-0.2, 0) is 11.2 Å². The Kier molecular flexibility index (Phi) is 4.81. The summed E-state index contributed by atoms with van der Waals surface area (Å²) in [6.07, 6.45) is 0.812. The van der Waals surface area contributed by atoms with Crippen molar-refractivity contribution in [3.63, 3.8) is 0 Å². The maximum atomic E-state index is 12.9. The Morgan fingerprint density at radius 1 is 1.23 bits per heavy atom. The summed E-state index contributed by atoms with van der Waals surface area (Å²) in [4.78, 5) is 18.3. The van der Waals surface area contributed by atoms with Gasteiger partial charge in [0.1, 0.15) is 11.9 Å².